The summed E-state index contributed by atoms with van der Waals surface area (Å²) in [5.74, 6) is 0.799. The average Bonchev–Trinajstić information content (AvgIpc) is 2.84. The predicted molar refractivity (Wildman–Crippen MR) is 84.6 cm³/mol. The van der Waals surface area contributed by atoms with E-state index in [4.69, 9.17) is 23.2 Å². The van der Waals surface area contributed by atoms with Crippen LogP contribution in [0.25, 0.3) is 0 Å². The lowest BCUT2D eigenvalue weighted by Crippen LogP contribution is -2.30. The highest BCUT2D eigenvalue weighted by molar-refractivity contribution is 6.35. The molecule has 1 saturated heterocycles. The average molecular weight is 317 g/mol. The molecule has 0 aliphatic carbocycles. The Morgan fingerprint density at radius 1 is 1.40 bits per heavy atom. The first kappa shape index (κ1) is 15.9. The lowest BCUT2D eigenvalue weighted by atomic mass is 10.1. The lowest BCUT2D eigenvalue weighted by Gasteiger charge is -2.20. The summed E-state index contributed by atoms with van der Waals surface area (Å²) >= 11 is 11.9. The van der Waals surface area contributed by atoms with Gasteiger partial charge in [0.15, 0.2) is 0 Å². The number of halogens is 2. The molecule has 112 valence electrons. The van der Waals surface area contributed by atoms with Crippen molar-refractivity contribution in [2.24, 2.45) is 5.92 Å². The topological polar surface area (TPSA) is 35.5 Å². The number of benzene rings is 1. The summed E-state index contributed by atoms with van der Waals surface area (Å²) in [6.45, 7) is 8.34. The second-order valence-corrected chi connectivity index (χ2v) is 6.61. The second-order valence-electron chi connectivity index (χ2n) is 5.77. The SMILES string of the molecule is CC(C)N1CCC(CNCc2cc(Cl)cc(Cl)c2O)C1. The van der Waals surface area contributed by atoms with Crippen LogP contribution in [0.1, 0.15) is 25.8 Å². The van der Waals surface area contributed by atoms with E-state index >= 15 is 0 Å². The van der Waals surface area contributed by atoms with E-state index in [0.717, 1.165) is 18.7 Å². The minimum atomic E-state index is 0.124. The molecule has 0 bridgehead atoms. The molecule has 0 spiro atoms. The fourth-order valence-electron chi connectivity index (χ4n) is 2.66. The molecular weight excluding hydrogens is 295 g/mol. The van der Waals surface area contributed by atoms with Gasteiger partial charge in [-0.1, -0.05) is 23.2 Å². The largest absolute Gasteiger partial charge is 0.506 e. The number of phenolic OH excluding ortho intramolecular Hbond substituents is 1. The van der Waals surface area contributed by atoms with Gasteiger partial charge in [0.2, 0.25) is 0 Å². The Morgan fingerprint density at radius 2 is 2.15 bits per heavy atom. The molecule has 0 amide bonds. The predicted octanol–water partition coefficient (Wildman–Crippen LogP) is 3.52. The van der Waals surface area contributed by atoms with Gasteiger partial charge in [0, 0.05) is 29.7 Å². The van der Waals surface area contributed by atoms with Crippen molar-refractivity contribution in [3.63, 3.8) is 0 Å². The van der Waals surface area contributed by atoms with E-state index in [1.165, 1.54) is 13.0 Å². The molecule has 2 N–H and O–H groups in total. The molecule has 1 unspecified atom stereocenters. The molecule has 1 aromatic carbocycles. The van der Waals surface area contributed by atoms with Crippen molar-refractivity contribution >= 4 is 23.2 Å². The van der Waals surface area contributed by atoms with Crippen molar-refractivity contribution in [1.82, 2.24) is 10.2 Å². The number of aromatic hydroxyl groups is 1. The molecule has 5 heteroatoms. The normalized spacial score (nSPS) is 19.9. The minimum absolute atomic E-state index is 0.124. The molecule has 0 radical (unpaired) electrons. The number of hydrogen-bond acceptors (Lipinski definition) is 3. The molecule has 0 aromatic heterocycles. The number of likely N-dealkylation sites (tertiary alicyclic amines) is 1. The molecule has 1 aromatic rings. The van der Waals surface area contributed by atoms with Gasteiger partial charge in [-0.05, 0) is 51.4 Å². The highest BCUT2D eigenvalue weighted by Crippen LogP contribution is 2.31. The number of hydrogen-bond donors (Lipinski definition) is 2. The van der Waals surface area contributed by atoms with Crippen LogP contribution < -0.4 is 5.32 Å². The maximum atomic E-state index is 9.89. The van der Waals surface area contributed by atoms with E-state index in [9.17, 15) is 5.11 Å². The summed E-state index contributed by atoms with van der Waals surface area (Å²) in [5.41, 5.74) is 0.751. The van der Waals surface area contributed by atoms with Gasteiger partial charge in [-0.25, -0.2) is 0 Å². The Labute approximate surface area is 130 Å². The fraction of sp³-hybridized carbons (Fsp3) is 0.600. The van der Waals surface area contributed by atoms with Gasteiger partial charge in [0.05, 0.1) is 5.02 Å². The standard InChI is InChI=1S/C15H22Cl2N2O/c1-10(2)19-4-3-11(9-19)7-18-8-12-5-13(16)6-14(17)15(12)20/h5-6,10-11,18,20H,3-4,7-9H2,1-2H3. The van der Waals surface area contributed by atoms with E-state index in [0.29, 0.717) is 28.5 Å². The smallest absolute Gasteiger partial charge is 0.138 e. The van der Waals surface area contributed by atoms with Crippen LogP contribution in [-0.2, 0) is 6.54 Å². The Balaban J connectivity index is 1.82. The Hall–Kier alpha value is -0.480. The third kappa shape index (κ3) is 4.01. The minimum Gasteiger partial charge on any atom is -0.506 e. The molecule has 3 nitrogen and oxygen atoms in total. The first-order chi connectivity index (χ1) is 9.47. The van der Waals surface area contributed by atoms with Crippen LogP contribution in [0, 0.1) is 5.92 Å². The van der Waals surface area contributed by atoms with E-state index in [2.05, 4.69) is 24.1 Å². The molecule has 1 aliphatic rings. The summed E-state index contributed by atoms with van der Waals surface area (Å²) in [6.07, 6.45) is 1.23. The quantitative estimate of drug-likeness (QED) is 0.872. The number of nitrogens with one attached hydrogen (secondary N) is 1. The van der Waals surface area contributed by atoms with Crippen LogP contribution >= 0.6 is 23.2 Å². The van der Waals surface area contributed by atoms with Crippen LogP contribution in [0.5, 0.6) is 5.75 Å². The Kier molecular flexibility index (Phi) is 5.56. The third-order valence-corrected chi connectivity index (χ3v) is 4.41. The number of rotatable bonds is 5. The summed E-state index contributed by atoms with van der Waals surface area (Å²) in [5, 5.41) is 14.1. The molecular formula is C15H22Cl2N2O. The van der Waals surface area contributed by atoms with Gasteiger partial charge in [-0.3, -0.25) is 0 Å². The Bertz CT molecular complexity index is 465. The molecule has 1 heterocycles. The number of phenols is 1. The summed E-state index contributed by atoms with van der Waals surface area (Å²) in [7, 11) is 0. The van der Waals surface area contributed by atoms with Crippen LogP contribution in [0.4, 0.5) is 0 Å². The molecule has 0 saturated carbocycles. The van der Waals surface area contributed by atoms with Gasteiger partial charge >= 0.3 is 0 Å². The van der Waals surface area contributed by atoms with Crippen molar-refractivity contribution in [3.05, 3.63) is 27.7 Å². The van der Waals surface area contributed by atoms with Crippen molar-refractivity contribution in [2.75, 3.05) is 19.6 Å². The zero-order valence-electron chi connectivity index (χ0n) is 12.0. The van der Waals surface area contributed by atoms with Gasteiger partial charge < -0.3 is 15.3 Å². The van der Waals surface area contributed by atoms with Crippen LogP contribution in [0.15, 0.2) is 12.1 Å². The van der Waals surface area contributed by atoms with Gasteiger partial charge in [-0.15, -0.1) is 0 Å². The molecule has 1 atom stereocenters. The molecule has 20 heavy (non-hydrogen) atoms. The number of nitrogens with zero attached hydrogens (tertiary/aromatic N) is 1. The van der Waals surface area contributed by atoms with Gasteiger partial charge in [0.25, 0.3) is 0 Å². The zero-order valence-corrected chi connectivity index (χ0v) is 13.5. The first-order valence-electron chi connectivity index (χ1n) is 7.09. The van der Waals surface area contributed by atoms with Gasteiger partial charge in [0.1, 0.15) is 5.75 Å². The molecule has 1 fully saturated rings. The van der Waals surface area contributed by atoms with Gasteiger partial charge in [-0.2, -0.15) is 0 Å². The first-order valence-corrected chi connectivity index (χ1v) is 7.84. The van der Waals surface area contributed by atoms with E-state index < -0.39 is 0 Å². The maximum Gasteiger partial charge on any atom is 0.138 e. The lowest BCUT2D eigenvalue weighted by molar-refractivity contribution is 0.264. The van der Waals surface area contributed by atoms with Crippen molar-refractivity contribution in [2.45, 2.75) is 32.9 Å². The van der Waals surface area contributed by atoms with Crippen LogP contribution in [0.3, 0.4) is 0 Å². The molecule has 2 rings (SSSR count). The maximum absolute atomic E-state index is 9.89. The van der Waals surface area contributed by atoms with Crippen molar-refractivity contribution in [1.29, 1.82) is 0 Å². The molecule has 1 aliphatic heterocycles. The third-order valence-electron chi connectivity index (χ3n) is 3.90. The monoisotopic (exact) mass is 316 g/mol. The zero-order chi connectivity index (χ0) is 14.7. The summed E-state index contributed by atoms with van der Waals surface area (Å²) in [6, 6.07) is 3.93. The van der Waals surface area contributed by atoms with Crippen molar-refractivity contribution < 1.29 is 5.11 Å². The van der Waals surface area contributed by atoms with E-state index in [-0.39, 0.29) is 5.75 Å². The highest BCUT2D eigenvalue weighted by Gasteiger charge is 2.23. The highest BCUT2D eigenvalue weighted by atomic mass is 35.5. The van der Waals surface area contributed by atoms with E-state index in [1.807, 2.05) is 0 Å². The van der Waals surface area contributed by atoms with Crippen LogP contribution in [-0.4, -0.2) is 35.7 Å². The summed E-state index contributed by atoms with van der Waals surface area (Å²) < 4.78 is 0. The Morgan fingerprint density at radius 3 is 2.80 bits per heavy atom. The second kappa shape index (κ2) is 6.99. The fourth-order valence-corrected chi connectivity index (χ4v) is 3.20. The van der Waals surface area contributed by atoms with Crippen LogP contribution in [0.2, 0.25) is 10.0 Å². The van der Waals surface area contributed by atoms with E-state index in [1.54, 1.807) is 12.1 Å². The van der Waals surface area contributed by atoms with Crippen molar-refractivity contribution in [3.8, 4) is 5.75 Å². The summed E-state index contributed by atoms with van der Waals surface area (Å²) in [4.78, 5) is 2.50.